The van der Waals surface area contributed by atoms with Gasteiger partial charge in [-0.3, -0.25) is 0 Å². The predicted octanol–water partition coefficient (Wildman–Crippen LogP) is 1.33. The molecule has 0 spiro atoms. The summed E-state index contributed by atoms with van der Waals surface area (Å²) in [7, 11) is 0. The number of oxime groups is 1. The maximum Gasteiger partial charge on any atom is 0.348 e. The van der Waals surface area contributed by atoms with E-state index in [4.69, 9.17) is 9.94 Å². The van der Waals surface area contributed by atoms with Gasteiger partial charge in [-0.2, -0.15) is 11.3 Å². The maximum absolute atomic E-state index is 10.5. The van der Waals surface area contributed by atoms with Crippen LogP contribution in [0.4, 0.5) is 0 Å². The molecule has 1 aromatic heterocycles. The highest BCUT2D eigenvalue weighted by atomic mass is 32.1. The molecule has 68 valence electrons. The molecule has 5 heteroatoms. The number of rotatable bonds is 2. The number of carbonyl (C=O) groups is 1. The van der Waals surface area contributed by atoms with Gasteiger partial charge in [-0.25, -0.2) is 4.79 Å². The molecule has 1 aromatic rings. The third-order valence-corrected chi connectivity index (χ3v) is 2.48. The van der Waals surface area contributed by atoms with Crippen LogP contribution in [-0.2, 0) is 9.63 Å². The SMILES string of the molecule is O=C(O)C1CC(c2ccsc2)=NO1. The lowest BCUT2D eigenvalue weighted by Gasteiger charge is -1.98. The van der Waals surface area contributed by atoms with Crippen molar-refractivity contribution in [2.75, 3.05) is 0 Å². The van der Waals surface area contributed by atoms with Gasteiger partial charge >= 0.3 is 5.97 Å². The number of carboxylic acid groups (broad SMARTS) is 1. The highest BCUT2D eigenvalue weighted by Gasteiger charge is 2.28. The van der Waals surface area contributed by atoms with Gasteiger partial charge in [0, 0.05) is 12.0 Å². The summed E-state index contributed by atoms with van der Waals surface area (Å²) in [5.41, 5.74) is 1.67. The Kier molecular flexibility index (Phi) is 2.02. The van der Waals surface area contributed by atoms with Crippen LogP contribution in [0.3, 0.4) is 0 Å². The summed E-state index contributed by atoms with van der Waals surface area (Å²) in [5, 5.41) is 16.2. The second-order valence-corrected chi connectivity index (χ2v) is 3.47. The Morgan fingerprint density at radius 2 is 2.62 bits per heavy atom. The Balaban J connectivity index is 2.10. The Hall–Kier alpha value is -1.36. The van der Waals surface area contributed by atoms with Crippen molar-refractivity contribution in [3.05, 3.63) is 22.4 Å². The lowest BCUT2D eigenvalue weighted by atomic mass is 10.1. The molecule has 2 rings (SSSR count). The van der Waals surface area contributed by atoms with E-state index in [-0.39, 0.29) is 0 Å². The number of hydrogen-bond donors (Lipinski definition) is 1. The molecule has 0 amide bonds. The third-order valence-electron chi connectivity index (χ3n) is 1.80. The van der Waals surface area contributed by atoms with Crippen molar-refractivity contribution in [1.29, 1.82) is 0 Å². The summed E-state index contributed by atoms with van der Waals surface area (Å²) >= 11 is 1.55. The average molecular weight is 197 g/mol. The van der Waals surface area contributed by atoms with E-state index in [1.807, 2.05) is 16.8 Å². The quantitative estimate of drug-likeness (QED) is 0.778. The van der Waals surface area contributed by atoms with Gasteiger partial charge in [-0.1, -0.05) is 5.16 Å². The van der Waals surface area contributed by atoms with E-state index >= 15 is 0 Å². The van der Waals surface area contributed by atoms with Gasteiger partial charge in [0.2, 0.25) is 6.10 Å². The van der Waals surface area contributed by atoms with Crippen LogP contribution in [0.25, 0.3) is 0 Å². The highest BCUT2D eigenvalue weighted by molar-refractivity contribution is 7.08. The van der Waals surface area contributed by atoms with Gasteiger partial charge in [0.25, 0.3) is 0 Å². The fraction of sp³-hybridized carbons (Fsp3) is 0.250. The summed E-state index contributed by atoms with van der Waals surface area (Å²) in [5.74, 6) is -0.964. The van der Waals surface area contributed by atoms with Crippen molar-refractivity contribution in [2.45, 2.75) is 12.5 Å². The predicted molar refractivity (Wildman–Crippen MR) is 48.0 cm³/mol. The summed E-state index contributed by atoms with van der Waals surface area (Å²) in [4.78, 5) is 15.3. The van der Waals surface area contributed by atoms with E-state index in [0.29, 0.717) is 12.1 Å². The molecular weight excluding hydrogens is 190 g/mol. The normalized spacial score (nSPS) is 20.9. The van der Waals surface area contributed by atoms with E-state index in [2.05, 4.69) is 5.16 Å². The molecule has 1 aliphatic rings. The van der Waals surface area contributed by atoms with E-state index in [1.165, 1.54) is 0 Å². The highest BCUT2D eigenvalue weighted by Crippen LogP contribution is 2.18. The van der Waals surface area contributed by atoms with E-state index in [1.54, 1.807) is 11.3 Å². The summed E-state index contributed by atoms with van der Waals surface area (Å²) in [6, 6.07) is 1.90. The lowest BCUT2D eigenvalue weighted by molar-refractivity contribution is -0.148. The molecule has 0 saturated carbocycles. The monoisotopic (exact) mass is 197 g/mol. The first-order chi connectivity index (χ1) is 6.27. The zero-order chi connectivity index (χ0) is 9.26. The van der Waals surface area contributed by atoms with Crippen LogP contribution in [0.2, 0.25) is 0 Å². The standard InChI is InChI=1S/C8H7NO3S/c10-8(11)7-3-6(9-12-7)5-1-2-13-4-5/h1-2,4,7H,3H2,(H,10,11). The number of thiophene rings is 1. The van der Waals surface area contributed by atoms with Crippen molar-refractivity contribution in [1.82, 2.24) is 0 Å². The molecule has 0 aromatic carbocycles. The minimum absolute atomic E-state index is 0.353. The Morgan fingerprint density at radius 3 is 3.15 bits per heavy atom. The second kappa shape index (κ2) is 3.18. The van der Waals surface area contributed by atoms with Gasteiger partial charge < -0.3 is 9.94 Å². The van der Waals surface area contributed by atoms with Crippen molar-refractivity contribution in [3.63, 3.8) is 0 Å². The van der Waals surface area contributed by atoms with E-state index in [0.717, 1.165) is 5.56 Å². The molecule has 0 radical (unpaired) electrons. The number of hydrogen-bond acceptors (Lipinski definition) is 4. The van der Waals surface area contributed by atoms with Crippen LogP contribution in [0, 0.1) is 0 Å². The van der Waals surface area contributed by atoms with Crippen LogP contribution < -0.4 is 0 Å². The molecule has 0 saturated heterocycles. The van der Waals surface area contributed by atoms with Gasteiger partial charge in [0.05, 0.1) is 5.71 Å². The van der Waals surface area contributed by atoms with Crippen LogP contribution in [0.5, 0.6) is 0 Å². The molecular formula is C8H7NO3S. The van der Waals surface area contributed by atoms with Crippen molar-refractivity contribution >= 4 is 23.0 Å². The molecule has 1 N–H and O–H groups in total. The molecule has 13 heavy (non-hydrogen) atoms. The lowest BCUT2D eigenvalue weighted by Crippen LogP contribution is -2.19. The summed E-state index contributed by atoms with van der Waals surface area (Å²) in [6.45, 7) is 0. The van der Waals surface area contributed by atoms with Crippen LogP contribution in [0.1, 0.15) is 12.0 Å². The van der Waals surface area contributed by atoms with Crippen LogP contribution >= 0.6 is 11.3 Å². The molecule has 0 aliphatic carbocycles. The Morgan fingerprint density at radius 1 is 1.77 bits per heavy atom. The maximum atomic E-state index is 10.5. The Bertz CT molecular complexity index is 344. The first-order valence-corrected chi connectivity index (χ1v) is 4.69. The first-order valence-electron chi connectivity index (χ1n) is 3.75. The number of carboxylic acids is 1. The van der Waals surface area contributed by atoms with Gasteiger partial charge in [-0.15, -0.1) is 0 Å². The average Bonchev–Trinajstić information content (AvgIpc) is 2.75. The van der Waals surface area contributed by atoms with Gasteiger partial charge in [-0.05, 0) is 16.8 Å². The molecule has 0 bridgehead atoms. The molecule has 0 fully saturated rings. The third kappa shape index (κ3) is 1.55. The van der Waals surface area contributed by atoms with Gasteiger partial charge in [0.15, 0.2) is 0 Å². The molecule has 1 atom stereocenters. The molecule has 4 nitrogen and oxygen atoms in total. The smallest absolute Gasteiger partial charge is 0.348 e. The topological polar surface area (TPSA) is 58.9 Å². The zero-order valence-corrected chi connectivity index (χ0v) is 7.45. The number of nitrogens with zero attached hydrogens (tertiary/aromatic N) is 1. The van der Waals surface area contributed by atoms with Crippen molar-refractivity contribution in [3.8, 4) is 0 Å². The van der Waals surface area contributed by atoms with E-state index < -0.39 is 12.1 Å². The second-order valence-electron chi connectivity index (χ2n) is 2.69. The summed E-state index contributed by atoms with van der Waals surface area (Å²) < 4.78 is 0. The molecule has 1 aliphatic heterocycles. The van der Waals surface area contributed by atoms with E-state index in [9.17, 15) is 4.79 Å². The molecule has 1 unspecified atom stereocenters. The fourth-order valence-electron chi connectivity index (χ4n) is 1.11. The first kappa shape index (κ1) is 8.25. The van der Waals surface area contributed by atoms with Crippen LogP contribution in [-0.4, -0.2) is 22.9 Å². The number of aliphatic carboxylic acids is 1. The van der Waals surface area contributed by atoms with Gasteiger partial charge in [0.1, 0.15) is 0 Å². The minimum Gasteiger partial charge on any atom is -0.478 e. The zero-order valence-electron chi connectivity index (χ0n) is 6.64. The van der Waals surface area contributed by atoms with Crippen molar-refractivity contribution in [2.24, 2.45) is 5.16 Å². The Labute approximate surface area is 78.4 Å². The molecule has 2 heterocycles. The van der Waals surface area contributed by atoms with Crippen molar-refractivity contribution < 1.29 is 14.7 Å². The summed E-state index contributed by atoms with van der Waals surface area (Å²) in [6.07, 6.45) is -0.457. The van der Waals surface area contributed by atoms with Crippen LogP contribution in [0.15, 0.2) is 22.0 Å². The largest absolute Gasteiger partial charge is 0.478 e. The minimum atomic E-state index is -0.964. The fourth-order valence-corrected chi connectivity index (χ4v) is 1.77.